The van der Waals surface area contributed by atoms with Crippen molar-refractivity contribution in [2.75, 3.05) is 20.3 Å². The minimum Gasteiger partial charge on any atom is -0.491 e. The summed E-state index contributed by atoms with van der Waals surface area (Å²) in [4.78, 5) is 11.6. The maximum absolute atomic E-state index is 11.6. The van der Waals surface area contributed by atoms with Crippen molar-refractivity contribution in [2.45, 2.75) is 26.7 Å². The standard InChI is InChI=1S/C16H22ClNO3/c1-4-6-9-18-15(19)8-7-12-10-13(17)16(20-3)14(11-12)21-5-2/h7-8,10-11H,4-6,9H2,1-3H3,(H,18,19). The van der Waals surface area contributed by atoms with Gasteiger partial charge in [-0.05, 0) is 37.1 Å². The number of nitrogens with one attached hydrogen (secondary N) is 1. The van der Waals surface area contributed by atoms with Crippen LogP contribution in [0.2, 0.25) is 5.02 Å². The third-order valence-electron chi connectivity index (χ3n) is 2.79. The van der Waals surface area contributed by atoms with Gasteiger partial charge in [0.05, 0.1) is 18.7 Å². The van der Waals surface area contributed by atoms with Gasteiger partial charge in [0.25, 0.3) is 0 Å². The van der Waals surface area contributed by atoms with Crippen LogP contribution in [-0.4, -0.2) is 26.2 Å². The quantitative estimate of drug-likeness (QED) is 0.588. The number of carbonyl (C=O) groups excluding carboxylic acids is 1. The molecule has 0 atom stereocenters. The van der Waals surface area contributed by atoms with Gasteiger partial charge in [0.2, 0.25) is 5.91 Å². The molecule has 0 radical (unpaired) electrons. The fourth-order valence-electron chi connectivity index (χ4n) is 1.76. The van der Waals surface area contributed by atoms with Gasteiger partial charge in [0.1, 0.15) is 0 Å². The molecule has 1 N–H and O–H groups in total. The van der Waals surface area contributed by atoms with Gasteiger partial charge in [-0.2, -0.15) is 0 Å². The lowest BCUT2D eigenvalue weighted by Gasteiger charge is -2.11. The molecule has 0 aliphatic heterocycles. The van der Waals surface area contributed by atoms with Gasteiger partial charge in [-0.25, -0.2) is 0 Å². The van der Waals surface area contributed by atoms with Crippen LogP contribution < -0.4 is 14.8 Å². The molecule has 0 bridgehead atoms. The van der Waals surface area contributed by atoms with Gasteiger partial charge in [0, 0.05) is 12.6 Å². The van der Waals surface area contributed by atoms with Crippen molar-refractivity contribution >= 4 is 23.6 Å². The molecule has 1 aromatic carbocycles. The van der Waals surface area contributed by atoms with E-state index in [1.54, 1.807) is 25.3 Å². The Morgan fingerprint density at radius 3 is 2.76 bits per heavy atom. The van der Waals surface area contributed by atoms with Crippen LogP contribution in [0.25, 0.3) is 6.08 Å². The molecule has 0 saturated carbocycles. The van der Waals surface area contributed by atoms with E-state index in [2.05, 4.69) is 12.2 Å². The lowest BCUT2D eigenvalue weighted by molar-refractivity contribution is -0.116. The Balaban J connectivity index is 2.81. The number of rotatable bonds is 8. The summed E-state index contributed by atoms with van der Waals surface area (Å²) in [6.07, 6.45) is 5.22. The van der Waals surface area contributed by atoms with E-state index in [1.807, 2.05) is 6.92 Å². The second-order valence-electron chi connectivity index (χ2n) is 4.45. The average molecular weight is 312 g/mol. The SMILES string of the molecule is CCCCNC(=O)C=Cc1cc(Cl)c(OC)c(OCC)c1. The number of hydrogen-bond donors (Lipinski definition) is 1. The predicted octanol–water partition coefficient (Wildman–Crippen LogP) is 3.68. The number of unbranched alkanes of at least 4 members (excludes halogenated alkanes) is 1. The third kappa shape index (κ3) is 5.68. The normalized spacial score (nSPS) is 10.7. The maximum Gasteiger partial charge on any atom is 0.243 e. The van der Waals surface area contributed by atoms with Crippen LogP contribution in [0.4, 0.5) is 0 Å². The molecule has 0 saturated heterocycles. The fourth-order valence-corrected chi connectivity index (χ4v) is 2.06. The van der Waals surface area contributed by atoms with Crippen LogP contribution in [0.15, 0.2) is 18.2 Å². The Morgan fingerprint density at radius 1 is 1.38 bits per heavy atom. The van der Waals surface area contributed by atoms with Gasteiger partial charge in [-0.1, -0.05) is 24.9 Å². The molecular weight excluding hydrogens is 290 g/mol. The average Bonchev–Trinajstić information content (AvgIpc) is 2.45. The molecule has 1 aromatic rings. The summed E-state index contributed by atoms with van der Waals surface area (Å²) in [5.41, 5.74) is 0.787. The largest absolute Gasteiger partial charge is 0.491 e. The number of benzene rings is 1. The van der Waals surface area contributed by atoms with Gasteiger partial charge in [-0.3, -0.25) is 4.79 Å². The highest BCUT2D eigenvalue weighted by Crippen LogP contribution is 2.36. The predicted molar refractivity (Wildman–Crippen MR) is 86.1 cm³/mol. The zero-order chi connectivity index (χ0) is 15.7. The molecule has 21 heavy (non-hydrogen) atoms. The lowest BCUT2D eigenvalue weighted by atomic mass is 10.2. The first-order valence-electron chi connectivity index (χ1n) is 7.08. The van der Waals surface area contributed by atoms with E-state index in [-0.39, 0.29) is 5.91 Å². The van der Waals surface area contributed by atoms with Crippen molar-refractivity contribution in [3.8, 4) is 11.5 Å². The van der Waals surface area contributed by atoms with Crippen molar-refractivity contribution in [1.82, 2.24) is 5.32 Å². The number of halogens is 1. The van der Waals surface area contributed by atoms with Crippen molar-refractivity contribution in [1.29, 1.82) is 0 Å². The second kappa shape index (κ2) is 9.29. The summed E-state index contributed by atoms with van der Waals surface area (Å²) in [5.74, 6) is 0.954. The van der Waals surface area contributed by atoms with Gasteiger partial charge in [-0.15, -0.1) is 0 Å². The molecule has 0 unspecified atom stereocenters. The topological polar surface area (TPSA) is 47.6 Å². The molecule has 0 aliphatic rings. The van der Waals surface area contributed by atoms with Crippen molar-refractivity contribution in [2.24, 2.45) is 0 Å². The van der Waals surface area contributed by atoms with Gasteiger partial charge >= 0.3 is 0 Å². The van der Waals surface area contributed by atoms with E-state index < -0.39 is 0 Å². The highest BCUT2D eigenvalue weighted by atomic mass is 35.5. The van der Waals surface area contributed by atoms with E-state index in [0.29, 0.717) is 29.7 Å². The third-order valence-corrected chi connectivity index (χ3v) is 3.07. The van der Waals surface area contributed by atoms with E-state index in [9.17, 15) is 4.79 Å². The number of carbonyl (C=O) groups is 1. The number of hydrogen-bond acceptors (Lipinski definition) is 3. The molecular formula is C16H22ClNO3. The van der Waals surface area contributed by atoms with Gasteiger partial charge in [0.15, 0.2) is 11.5 Å². The summed E-state index contributed by atoms with van der Waals surface area (Å²) in [6, 6.07) is 3.53. The van der Waals surface area contributed by atoms with Crippen molar-refractivity contribution in [3.05, 3.63) is 28.8 Å². The van der Waals surface area contributed by atoms with Crippen LogP contribution in [0, 0.1) is 0 Å². The highest BCUT2D eigenvalue weighted by molar-refractivity contribution is 6.32. The van der Waals surface area contributed by atoms with Crippen molar-refractivity contribution < 1.29 is 14.3 Å². The molecule has 0 fully saturated rings. The Labute approximate surface area is 131 Å². The number of methoxy groups -OCH3 is 1. The second-order valence-corrected chi connectivity index (χ2v) is 4.85. The van der Waals surface area contributed by atoms with E-state index in [4.69, 9.17) is 21.1 Å². The molecule has 5 heteroatoms. The maximum atomic E-state index is 11.6. The van der Waals surface area contributed by atoms with E-state index in [0.717, 1.165) is 18.4 Å². The summed E-state index contributed by atoms with van der Waals surface area (Å²) in [5, 5.41) is 3.27. The Kier molecular flexibility index (Phi) is 7.69. The zero-order valence-electron chi connectivity index (χ0n) is 12.7. The van der Waals surface area contributed by atoms with E-state index >= 15 is 0 Å². The van der Waals surface area contributed by atoms with Gasteiger partial charge < -0.3 is 14.8 Å². The first-order chi connectivity index (χ1) is 10.1. The van der Waals surface area contributed by atoms with Crippen molar-refractivity contribution in [3.63, 3.8) is 0 Å². The molecule has 0 aromatic heterocycles. The summed E-state index contributed by atoms with van der Waals surface area (Å²) in [6.45, 7) is 5.16. The fraction of sp³-hybridized carbons (Fsp3) is 0.438. The summed E-state index contributed by atoms with van der Waals surface area (Å²) >= 11 is 6.15. The minimum atomic E-state index is -0.117. The van der Waals surface area contributed by atoms with Crippen LogP contribution in [0.3, 0.4) is 0 Å². The monoisotopic (exact) mass is 311 g/mol. The molecule has 0 aliphatic carbocycles. The highest BCUT2D eigenvalue weighted by Gasteiger charge is 2.10. The molecule has 0 heterocycles. The zero-order valence-corrected chi connectivity index (χ0v) is 13.5. The summed E-state index contributed by atoms with van der Waals surface area (Å²) in [7, 11) is 1.54. The first kappa shape index (κ1) is 17.4. The number of ether oxygens (including phenoxy) is 2. The smallest absolute Gasteiger partial charge is 0.243 e. The van der Waals surface area contributed by atoms with Crippen LogP contribution in [-0.2, 0) is 4.79 Å². The minimum absolute atomic E-state index is 0.117. The first-order valence-corrected chi connectivity index (χ1v) is 7.46. The number of amides is 1. The molecule has 116 valence electrons. The molecule has 4 nitrogen and oxygen atoms in total. The molecule has 1 amide bonds. The van der Waals surface area contributed by atoms with Crippen LogP contribution in [0.5, 0.6) is 11.5 Å². The Bertz CT molecular complexity index is 501. The van der Waals surface area contributed by atoms with Crippen LogP contribution in [0.1, 0.15) is 32.3 Å². The lowest BCUT2D eigenvalue weighted by Crippen LogP contribution is -2.21. The Hall–Kier alpha value is -1.68. The molecule has 0 spiro atoms. The summed E-state index contributed by atoms with van der Waals surface area (Å²) < 4.78 is 10.7. The molecule has 1 rings (SSSR count). The Morgan fingerprint density at radius 2 is 2.14 bits per heavy atom. The van der Waals surface area contributed by atoms with E-state index in [1.165, 1.54) is 6.08 Å². The van der Waals surface area contributed by atoms with Crippen LogP contribution >= 0.6 is 11.6 Å².